The number of piperidine rings is 1. The Balaban J connectivity index is 2.20. The number of hydrogen-bond donors (Lipinski definition) is 0. The third-order valence-electron chi connectivity index (χ3n) is 3.50. The molecular weight excluding hydrogens is 302 g/mol. The fourth-order valence-corrected chi connectivity index (χ4v) is 4.08. The van der Waals surface area contributed by atoms with Crippen LogP contribution in [-0.4, -0.2) is 46.1 Å². The molecule has 0 bridgehead atoms. The van der Waals surface area contributed by atoms with E-state index < -0.39 is 10.0 Å². The monoisotopic (exact) mass is 319 g/mol. The van der Waals surface area contributed by atoms with Gasteiger partial charge >= 0.3 is 0 Å². The molecule has 0 amide bonds. The lowest BCUT2D eigenvalue weighted by Crippen LogP contribution is -2.40. The molecule has 0 atom stereocenters. The Morgan fingerprint density at radius 1 is 1.25 bits per heavy atom. The predicted octanol–water partition coefficient (Wildman–Crippen LogP) is 2.15. The fraction of sp³-hybridized carbons (Fsp3) is 0.538. The van der Waals surface area contributed by atoms with Crippen molar-refractivity contribution in [3.8, 4) is 5.75 Å². The zero-order chi connectivity index (χ0) is 14.8. The van der Waals surface area contributed by atoms with Crippen molar-refractivity contribution >= 4 is 21.6 Å². The first-order valence-electron chi connectivity index (χ1n) is 6.35. The van der Waals surface area contributed by atoms with Gasteiger partial charge in [-0.05, 0) is 31.0 Å². The largest absolute Gasteiger partial charge is 0.495 e. The molecule has 0 N–H and O–H groups in total. The molecule has 0 aromatic heterocycles. The second kappa shape index (κ2) is 6.30. The van der Waals surface area contributed by atoms with Gasteiger partial charge in [0.1, 0.15) is 5.75 Å². The summed E-state index contributed by atoms with van der Waals surface area (Å²) in [4.78, 5) is 0.194. The van der Waals surface area contributed by atoms with Crippen molar-refractivity contribution in [1.29, 1.82) is 0 Å². The van der Waals surface area contributed by atoms with Gasteiger partial charge in [0.05, 0.1) is 23.1 Å². The first kappa shape index (κ1) is 15.6. The maximum Gasteiger partial charge on any atom is 0.243 e. The van der Waals surface area contributed by atoms with Crippen molar-refractivity contribution in [1.82, 2.24) is 4.31 Å². The SMILES string of the molecule is COc1ccc(S(=O)(=O)N2CCC(OC)CC2)cc1Cl. The molecule has 1 aromatic rings. The van der Waals surface area contributed by atoms with Crippen LogP contribution in [0.15, 0.2) is 23.1 Å². The molecule has 112 valence electrons. The van der Waals surface area contributed by atoms with Crippen molar-refractivity contribution in [2.24, 2.45) is 0 Å². The molecule has 0 radical (unpaired) electrons. The molecular formula is C13H18ClNO4S. The summed E-state index contributed by atoms with van der Waals surface area (Å²) in [7, 11) is -0.362. The average molecular weight is 320 g/mol. The summed E-state index contributed by atoms with van der Waals surface area (Å²) < 4.78 is 36.8. The fourth-order valence-electron chi connectivity index (χ4n) is 2.26. The van der Waals surface area contributed by atoms with E-state index in [0.29, 0.717) is 36.7 Å². The molecule has 1 aromatic carbocycles. The normalized spacial score (nSPS) is 18.1. The average Bonchev–Trinajstić information content (AvgIpc) is 2.47. The summed E-state index contributed by atoms with van der Waals surface area (Å²) in [6.45, 7) is 0.926. The molecule has 1 aliphatic rings. The van der Waals surface area contributed by atoms with Gasteiger partial charge in [-0.2, -0.15) is 4.31 Å². The van der Waals surface area contributed by atoms with E-state index >= 15 is 0 Å². The van der Waals surface area contributed by atoms with Gasteiger partial charge in [0, 0.05) is 20.2 Å². The van der Waals surface area contributed by atoms with E-state index in [1.165, 1.54) is 23.5 Å². The van der Waals surface area contributed by atoms with Crippen molar-refractivity contribution in [3.63, 3.8) is 0 Å². The molecule has 0 spiro atoms. The Morgan fingerprint density at radius 2 is 1.90 bits per heavy atom. The van der Waals surface area contributed by atoms with Crippen LogP contribution in [0.3, 0.4) is 0 Å². The van der Waals surface area contributed by atoms with Crippen LogP contribution >= 0.6 is 11.6 Å². The highest BCUT2D eigenvalue weighted by Crippen LogP contribution is 2.29. The summed E-state index contributed by atoms with van der Waals surface area (Å²) in [6, 6.07) is 4.51. The van der Waals surface area contributed by atoms with Gasteiger partial charge in [0.2, 0.25) is 10.0 Å². The first-order valence-corrected chi connectivity index (χ1v) is 8.17. The second-order valence-electron chi connectivity index (χ2n) is 4.64. The minimum absolute atomic E-state index is 0.140. The molecule has 0 aliphatic carbocycles. The lowest BCUT2D eigenvalue weighted by Gasteiger charge is -2.30. The number of ether oxygens (including phenoxy) is 2. The molecule has 2 rings (SSSR count). The number of sulfonamides is 1. The van der Waals surface area contributed by atoms with Crippen LogP contribution in [0.1, 0.15) is 12.8 Å². The summed E-state index contributed by atoms with van der Waals surface area (Å²) in [6.07, 6.45) is 1.56. The second-order valence-corrected chi connectivity index (χ2v) is 6.98. The van der Waals surface area contributed by atoms with E-state index in [1.807, 2.05) is 0 Å². The Bertz CT molecular complexity index is 568. The topological polar surface area (TPSA) is 55.8 Å². The molecule has 20 heavy (non-hydrogen) atoms. The summed E-state index contributed by atoms with van der Waals surface area (Å²) >= 11 is 5.99. The van der Waals surface area contributed by atoms with Crippen molar-refractivity contribution in [2.75, 3.05) is 27.3 Å². The van der Waals surface area contributed by atoms with Crippen LogP contribution in [-0.2, 0) is 14.8 Å². The Hall–Kier alpha value is -0.820. The van der Waals surface area contributed by atoms with Crippen molar-refractivity contribution in [3.05, 3.63) is 23.2 Å². The number of nitrogens with zero attached hydrogens (tertiary/aromatic N) is 1. The zero-order valence-electron chi connectivity index (χ0n) is 11.5. The molecule has 1 saturated heterocycles. The summed E-state index contributed by atoms with van der Waals surface area (Å²) in [5.41, 5.74) is 0. The third kappa shape index (κ3) is 3.09. The van der Waals surface area contributed by atoms with E-state index in [2.05, 4.69) is 0 Å². The van der Waals surface area contributed by atoms with Gasteiger partial charge in [0.25, 0.3) is 0 Å². The van der Waals surface area contributed by atoms with Crippen molar-refractivity contribution in [2.45, 2.75) is 23.8 Å². The van der Waals surface area contributed by atoms with E-state index in [0.717, 1.165) is 0 Å². The minimum atomic E-state index is -3.50. The highest BCUT2D eigenvalue weighted by atomic mass is 35.5. The highest BCUT2D eigenvalue weighted by Gasteiger charge is 2.29. The van der Waals surface area contributed by atoms with Gasteiger partial charge < -0.3 is 9.47 Å². The number of methoxy groups -OCH3 is 2. The van der Waals surface area contributed by atoms with Gasteiger partial charge in [0.15, 0.2) is 0 Å². The van der Waals surface area contributed by atoms with Crippen LogP contribution in [0.2, 0.25) is 5.02 Å². The number of hydrogen-bond acceptors (Lipinski definition) is 4. The lowest BCUT2D eigenvalue weighted by molar-refractivity contribution is 0.0604. The molecule has 0 saturated carbocycles. The van der Waals surface area contributed by atoms with Crippen LogP contribution in [0.4, 0.5) is 0 Å². The first-order chi connectivity index (χ1) is 9.48. The molecule has 0 unspecified atom stereocenters. The Labute approximate surface area is 124 Å². The van der Waals surface area contributed by atoms with E-state index in [1.54, 1.807) is 13.2 Å². The van der Waals surface area contributed by atoms with Crippen LogP contribution in [0, 0.1) is 0 Å². The number of benzene rings is 1. The van der Waals surface area contributed by atoms with E-state index in [9.17, 15) is 8.42 Å². The smallest absolute Gasteiger partial charge is 0.243 e. The van der Waals surface area contributed by atoms with Crippen molar-refractivity contribution < 1.29 is 17.9 Å². The molecule has 1 heterocycles. The summed E-state index contributed by atoms with van der Waals surface area (Å²) in [5, 5.41) is 0.292. The van der Waals surface area contributed by atoms with Crippen LogP contribution in [0.25, 0.3) is 0 Å². The highest BCUT2D eigenvalue weighted by molar-refractivity contribution is 7.89. The van der Waals surface area contributed by atoms with Gasteiger partial charge in [-0.3, -0.25) is 0 Å². The van der Waals surface area contributed by atoms with E-state index in [4.69, 9.17) is 21.1 Å². The molecule has 5 nitrogen and oxygen atoms in total. The number of halogens is 1. The van der Waals surface area contributed by atoms with Gasteiger partial charge in [-0.1, -0.05) is 11.6 Å². The maximum absolute atomic E-state index is 12.5. The lowest BCUT2D eigenvalue weighted by atomic mass is 10.1. The van der Waals surface area contributed by atoms with Gasteiger partial charge in [-0.25, -0.2) is 8.42 Å². The van der Waals surface area contributed by atoms with Crippen LogP contribution in [0.5, 0.6) is 5.75 Å². The zero-order valence-corrected chi connectivity index (χ0v) is 13.1. The van der Waals surface area contributed by atoms with Gasteiger partial charge in [-0.15, -0.1) is 0 Å². The molecule has 1 aliphatic heterocycles. The summed E-state index contributed by atoms with van der Waals surface area (Å²) in [5.74, 6) is 0.462. The predicted molar refractivity (Wildman–Crippen MR) is 76.8 cm³/mol. The van der Waals surface area contributed by atoms with Crippen LogP contribution < -0.4 is 4.74 Å². The third-order valence-corrected chi connectivity index (χ3v) is 5.69. The number of rotatable bonds is 4. The Kier molecular flexibility index (Phi) is 4.90. The Morgan fingerprint density at radius 3 is 2.40 bits per heavy atom. The molecule has 7 heteroatoms. The molecule has 1 fully saturated rings. The van der Waals surface area contributed by atoms with E-state index in [-0.39, 0.29) is 11.0 Å². The standard InChI is InChI=1S/C13H18ClNO4S/c1-18-10-5-7-15(8-6-10)20(16,17)11-3-4-13(19-2)12(14)9-11/h3-4,9-10H,5-8H2,1-2H3. The quantitative estimate of drug-likeness (QED) is 0.853. The maximum atomic E-state index is 12.5. The minimum Gasteiger partial charge on any atom is -0.495 e.